The van der Waals surface area contributed by atoms with Crippen molar-refractivity contribution in [1.82, 2.24) is 10.2 Å². The maximum Gasteiger partial charge on any atom is 0.265 e. The second kappa shape index (κ2) is 14.3. The van der Waals surface area contributed by atoms with Gasteiger partial charge < -0.3 is 29.2 Å². The highest BCUT2D eigenvalue weighted by atomic mass is 79.9. The lowest BCUT2D eigenvalue weighted by atomic mass is 10.1. The van der Waals surface area contributed by atoms with Crippen LogP contribution < -0.4 is 28.6 Å². The van der Waals surface area contributed by atoms with E-state index in [9.17, 15) is 18.0 Å². The molecule has 3 aromatic carbocycles. The van der Waals surface area contributed by atoms with Crippen molar-refractivity contribution in [2.75, 3.05) is 46.3 Å². The topological polar surface area (TPSA) is 124 Å². The molecule has 0 unspecified atom stereocenters. The molecule has 3 rings (SSSR count). The first-order chi connectivity index (χ1) is 20.0. The number of methoxy groups -OCH3 is 4. The summed E-state index contributed by atoms with van der Waals surface area (Å²) < 4.78 is 51.7. The zero-order valence-corrected chi connectivity index (χ0v) is 26.6. The minimum Gasteiger partial charge on any atom is -0.497 e. The molecule has 0 saturated carbocycles. The van der Waals surface area contributed by atoms with E-state index in [2.05, 4.69) is 21.2 Å². The molecule has 0 radical (unpaired) electrons. The number of hydrogen-bond acceptors (Lipinski definition) is 8. The van der Waals surface area contributed by atoms with Crippen LogP contribution in [0.2, 0.25) is 0 Å². The molecule has 0 aliphatic rings. The van der Waals surface area contributed by atoms with Crippen LogP contribution in [-0.4, -0.2) is 73.2 Å². The molecule has 226 valence electrons. The van der Waals surface area contributed by atoms with Gasteiger partial charge >= 0.3 is 0 Å². The molecule has 3 aromatic rings. The number of amides is 2. The Morgan fingerprint density at radius 1 is 0.857 bits per heavy atom. The summed E-state index contributed by atoms with van der Waals surface area (Å²) in [6.07, 6.45) is 0. The van der Waals surface area contributed by atoms with Gasteiger partial charge in [-0.3, -0.25) is 13.9 Å². The Labute approximate surface area is 254 Å². The molecule has 11 nitrogen and oxygen atoms in total. The van der Waals surface area contributed by atoms with Gasteiger partial charge in [-0.1, -0.05) is 28.1 Å². The average molecular weight is 665 g/mol. The molecule has 42 heavy (non-hydrogen) atoms. The van der Waals surface area contributed by atoms with Crippen molar-refractivity contribution in [1.29, 1.82) is 0 Å². The zero-order chi connectivity index (χ0) is 31.0. The number of sulfonamides is 1. The summed E-state index contributed by atoms with van der Waals surface area (Å²) in [6, 6.07) is 15.1. The van der Waals surface area contributed by atoms with Crippen LogP contribution in [0.3, 0.4) is 0 Å². The summed E-state index contributed by atoms with van der Waals surface area (Å²) in [5.41, 5.74) is 0.812. The number of hydrogen-bond donors (Lipinski definition) is 1. The van der Waals surface area contributed by atoms with Gasteiger partial charge in [-0.25, -0.2) is 8.42 Å². The van der Waals surface area contributed by atoms with Crippen molar-refractivity contribution in [3.63, 3.8) is 0 Å². The Morgan fingerprint density at radius 3 is 2.05 bits per heavy atom. The molecule has 0 bridgehead atoms. The van der Waals surface area contributed by atoms with Crippen molar-refractivity contribution in [3.8, 4) is 23.0 Å². The third-order valence-electron chi connectivity index (χ3n) is 6.56. The monoisotopic (exact) mass is 663 g/mol. The Morgan fingerprint density at radius 2 is 1.48 bits per heavy atom. The average Bonchev–Trinajstić information content (AvgIpc) is 3.01. The number of nitrogens with one attached hydrogen (secondary N) is 1. The molecule has 0 aliphatic carbocycles. The molecular weight excluding hydrogens is 630 g/mol. The molecule has 13 heteroatoms. The zero-order valence-electron chi connectivity index (χ0n) is 24.2. The predicted octanol–water partition coefficient (Wildman–Crippen LogP) is 3.84. The summed E-state index contributed by atoms with van der Waals surface area (Å²) in [7, 11) is 2.70. The number of carbonyl (C=O) groups excluding carboxylic acids is 2. The van der Waals surface area contributed by atoms with E-state index in [1.54, 1.807) is 19.1 Å². The van der Waals surface area contributed by atoms with Gasteiger partial charge in [-0.2, -0.15) is 0 Å². The van der Waals surface area contributed by atoms with Crippen LogP contribution in [0.15, 0.2) is 70.0 Å². The third kappa shape index (κ3) is 7.26. The second-order valence-electron chi connectivity index (χ2n) is 9.00. The predicted molar refractivity (Wildman–Crippen MR) is 162 cm³/mol. The van der Waals surface area contributed by atoms with Gasteiger partial charge in [0.25, 0.3) is 10.0 Å². The van der Waals surface area contributed by atoms with Crippen molar-refractivity contribution in [2.24, 2.45) is 0 Å². The fourth-order valence-corrected chi connectivity index (χ4v) is 5.88. The SMILES string of the molecule is CNC(=O)[C@@H](C)N(Cc1ccc(Br)cc1)C(=O)CN(c1cc(OC)ccc1OC)S(=O)(=O)c1ccc(OC)c(OC)c1. The molecule has 0 spiro atoms. The summed E-state index contributed by atoms with van der Waals surface area (Å²) >= 11 is 3.39. The Hall–Kier alpha value is -3.97. The molecule has 0 aliphatic heterocycles. The smallest absolute Gasteiger partial charge is 0.265 e. The van der Waals surface area contributed by atoms with E-state index >= 15 is 0 Å². The molecular formula is C29H34BrN3O8S. The van der Waals surface area contributed by atoms with E-state index in [0.717, 1.165) is 14.3 Å². The van der Waals surface area contributed by atoms with E-state index in [0.29, 0.717) is 11.5 Å². The maximum absolute atomic E-state index is 14.3. The highest BCUT2D eigenvalue weighted by Gasteiger charge is 2.34. The van der Waals surface area contributed by atoms with Crippen molar-refractivity contribution < 1.29 is 37.0 Å². The Bertz CT molecular complexity index is 1520. The van der Waals surface area contributed by atoms with Crippen molar-refractivity contribution in [2.45, 2.75) is 24.4 Å². The highest BCUT2D eigenvalue weighted by molar-refractivity contribution is 9.10. The molecule has 1 atom stereocenters. The highest BCUT2D eigenvalue weighted by Crippen LogP contribution is 2.37. The normalized spacial score (nSPS) is 11.7. The fourth-order valence-electron chi connectivity index (χ4n) is 4.19. The fraction of sp³-hybridized carbons (Fsp3) is 0.310. The van der Waals surface area contributed by atoms with E-state index in [1.807, 2.05) is 24.3 Å². The molecule has 0 fully saturated rings. The maximum atomic E-state index is 14.3. The largest absolute Gasteiger partial charge is 0.497 e. The molecule has 0 aromatic heterocycles. The second-order valence-corrected chi connectivity index (χ2v) is 11.8. The van der Waals surface area contributed by atoms with Gasteiger partial charge in [0.2, 0.25) is 11.8 Å². The van der Waals surface area contributed by atoms with Crippen LogP contribution in [0.5, 0.6) is 23.0 Å². The first-order valence-electron chi connectivity index (χ1n) is 12.7. The van der Waals surface area contributed by atoms with Crippen LogP contribution in [0.25, 0.3) is 0 Å². The molecule has 0 heterocycles. The number of carbonyl (C=O) groups is 2. The molecule has 0 saturated heterocycles. The molecule has 2 amide bonds. The van der Waals surface area contributed by atoms with Gasteiger partial charge in [-0.05, 0) is 48.9 Å². The lowest BCUT2D eigenvalue weighted by Crippen LogP contribution is -2.50. The summed E-state index contributed by atoms with van der Waals surface area (Å²) in [5, 5.41) is 2.56. The van der Waals surface area contributed by atoms with Gasteiger partial charge in [0.05, 0.1) is 39.0 Å². The Balaban J connectivity index is 2.17. The quantitative estimate of drug-likeness (QED) is 0.293. The van der Waals surface area contributed by atoms with Crippen LogP contribution in [0, 0.1) is 0 Å². The number of rotatable bonds is 13. The van der Waals surface area contributed by atoms with Gasteiger partial charge in [0.1, 0.15) is 24.1 Å². The minimum atomic E-state index is -4.42. The summed E-state index contributed by atoms with van der Waals surface area (Å²) in [4.78, 5) is 27.9. The lowest BCUT2D eigenvalue weighted by molar-refractivity contribution is -0.139. The van der Waals surface area contributed by atoms with E-state index in [-0.39, 0.29) is 28.6 Å². The standard InChI is InChI=1S/C29H34BrN3O8S/c1-19(29(35)31-2)32(17-20-7-9-21(30)10-8-20)28(34)18-33(24-15-22(38-3)11-13-25(24)39-4)42(36,37)23-12-14-26(40-5)27(16-23)41-6/h7-16,19H,17-18H2,1-6H3,(H,31,35)/t19-/m1/s1. The summed E-state index contributed by atoms with van der Waals surface area (Å²) in [6.45, 7) is 0.979. The third-order valence-corrected chi connectivity index (χ3v) is 8.84. The number of halogens is 1. The minimum absolute atomic E-state index is 0.0557. The van der Waals surface area contributed by atoms with Crippen LogP contribution >= 0.6 is 15.9 Å². The molecule has 1 N–H and O–H groups in total. The first kappa shape index (κ1) is 32.5. The van der Waals surface area contributed by atoms with Gasteiger partial charge in [-0.15, -0.1) is 0 Å². The van der Waals surface area contributed by atoms with Crippen molar-refractivity contribution in [3.05, 3.63) is 70.7 Å². The van der Waals surface area contributed by atoms with Crippen LogP contribution in [-0.2, 0) is 26.2 Å². The summed E-state index contributed by atoms with van der Waals surface area (Å²) in [5.74, 6) is 0.0185. The van der Waals surface area contributed by atoms with E-state index < -0.39 is 34.4 Å². The Kier molecular flexibility index (Phi) is 11.1. The van der Waals surface area contributed by atoms with Gasteiger partial charge in [0.15, 0.2) is 11.5 Å². The van der Waals surface area contributed by atoms with Crippen LogP contribution in [0.1, 0.15) is 12.5 Å². The van der Waals surface area contributed by atoms with E-state index in [1.165, 1.54) is 64.7 Å². The van der Waals surface area contributed by atoms with Gasteiger partial charge in [0, 0.05) is 30.2 Å². The number of nitrogens with zero attached hydrogens (tertiary/aromatic N) is 2. The van der Waals surface area contributed by atoms with E-state index in [4.69, 9.17) is 18.9 Å². The van der Waals surface area contributed by atoms with Crippen molar-refractivity contribution >= 4 is 43.5 Å². The number of likely N-dealkylation sites (N-methyl/N-ethyl adjacent to an activating group) is 1. The number of benzene rings is 3. The number of ether oxygens (including phenoxy) is 4. The number of anilines is 1. The first-order valence-corrected chi connectivity index (χ1v) is 15.0. The van der Waals surface area contributed by atoms with Crippen LogP contribution in [0.4, 0.5) is 5.69 Å². The lowest BCUT2D eigenvalue weighted by Gasteiger charge is -2.32.